The van der Waals surface area contributed by atoms with Crippen LogP contribution in [0.2, 0.25) is 0 Å². The van der Waals surface area contributed by atoms with Gasteiger partial charge in [-0.1, -0.05) is 15.9 Å². The zero-order chi connectivity index (χ0) is 16.5. The Balaban J connectivity index is 1.77. The van der Waals surface area contributed by atoms with Crippen molar-refractivity contribution in [2.75, 3.05) is 32.2 Å². The molecule has 1 N–H and O–H groups in total. The number of carbonyl (C=O) groups is 1. The number of carbonyl (C=O) groups excluding carboxylic acids is 1. The summed E-state index contributed by atoms with van der Waals surface area (Å²) in [6.07, 6.45) is 0. The molecule has 122 valence electrons. The molecule has 2 aromatic carbocycles. The number of anilines is 1. The molecule has 0 aliphatic carbocycles. The molecule has 0 aromatic heterocycles. The number of ether oxygens (including phenoxy) is 3. The van der Waals surface area contributed by atoms with Crippen molar-refractivity contribution >= 4 is 27.5 Å². The first kappa shape index (κ1) is 17.3. The molecule has 5 nitrogen and oxygen atoms in total. The Morgan fingerprint density at radius 2 is 1.57 bits per heavy atom. The van der Waals surface area contributed by atoms with E-state index >= 15 is 0 Å². The highest BCUT2D eigenvalue weighted by Crippen LogP contribution is 2.17. The number of methoxy groups -OCH3 is 1. The number of benzene rings is 2. The zero-order valence-electron chi connectivity index (χ0n) is 12.8. The molecule has 0 unspecified atom stereocenters. The second-order valence-electron chi connectivity index (χ2n) is 4.66. The van der Waals surface area contributed by atoms with Gasteiger partial charge in [-0.15, -0.1) is 0 Å². The second-order valence-corrected chi connectivity index (χ2v) is 5.57. The Kier molecular flexibility index (Phi) is 6.90. The number of halogens is 1. The van der Waals surface area contributed by atoms with Crippen LogP contribution in [-0.2, 0) is 9.53 Å². The fourth-order valence-corrected chi connectivity index (χ4v) is 2.02. The van der Waals surface area contributed by atoms with Gasteiger partial charge in [0.1, 0.15) is 18.1 Å². The van der Waals surface area contributed by atoms with Gasteiger partial charge in [0.15, 0.2) is 6.61 Å². The maximum absolute atomic E-state index is 11.9. The largest absolute Gasteiger partial charge is 0.491 e. The van der Waals surface area contributed by atoms with Crippen LogP contribution in [0.1, 0.15) is 0 Å². The summed E-state index contributed by atoms with van der Waals surface area (Å²) >= 11 is 3.34. The summed E-state index contributed by atoms with van der Waals surface area (Å²) in [5.74, 6) is 1.15. The van der Waals surface area contributed by atoms with Gasteiger partial charge in [0, 0.05) is 17.3 Å². The lowest BCUT2D eigenvalue weighted by Gasteiger charge is -2.09. The average Bonchev–Trinajstić information content (AvgIpc) is 2.56. The minimum atomic E-state index is -0.221. The Hall–Kier alpha value is -2.05. The Bertz CT molecular complexity index is 613. The van der Waals surface area contributed by atoms with E-state index in [2.05, 4.69) is 21.2 Å². The van der Waals surface area contributed by atoms with Crippen molar-refractivity contribution in [1.82, 2.24) is 0 Å². The lowest BCUT2D eigenvalue weighted by molar-refractivity contribution is -0.118. The normalized spacial score (nSPS) is 10.2. The summed E-state index contributed by atoms with van der Waals surface area (Å²) in [4.78, 5) is 11.9. The number of hydrogen-bond donors (Lipinski definition) is 1. The third kappa shape index (κ3) is 6.30. The molecule has 0 saturated heterocycles. The van der Waals surface area contributed by atoms with Gasteiger partial charge in [0.2, 0.25) is 0 Å². The van der Waals surface area contributed by atoms with Crippen LogP contribution in [0.5, 0.6) is 11.5 Å². The zero-order valence-corrected chi connectivity index (χ0v) is 14.3. The van der Waals surface area contributed by atoms with Crippen molar-refractivity contribution in [3.8, 4) is 11.5 Å². The van der Waals surface area contributed by atoms with Crippen molar-refractivity contribution in [2.24, 2.45) is 0 Å². The van der Waals surface area contributed by atoms with Crippen LogP contribution in [0.25, 0.3) is 0 Å². The summed E-state index contributed by atoms with van der Waals surface area (Å²) in [7, 11) is 1.62. The molecule has 0 aliphatic heterocycles. The van der Waals surface area contributed by atoms with Crippen LogP contribution < -0.4 is 14.8 Å². The van der Waals surface area contributed by atoms with Crippen LogP contribution in [0.4, 0.5) is 5.69 Å². The molecule has 2 rings (SSSR count). The quantitative estimate of drug-likeness (QED) is 0.713. The van der Waals surface area contributed by atoms with E-state index in [1.165, 1.54) is 0 Å². The summed E-state index contributed by atoms with van der Waals surface area (Å²) in [5, 5.41) is 2.76. The third-order valence-electron chi connectivity index (χ3n) is 2.88. The molecule has 0 saturated carbocycles. The van der Waals surface area contributed by atoms with E-state index in [1.807, 2.05) is 12.1 Å². The maximum atomic E-state index is 11.9. The molecule has 2 aromatic rings. The summed E-state index contributed by atoms with van der Waals surface area (Å²) in [6, 6.07) is 14.4. The third-order valence-corrected chi connectivity index (χ3v) is 3.41. The van der Waals surface area contributed by atoms with Gasteiger partial charge < -0.3 is 19.5 Å². The summed E-state index contributed by atoms with van der Waals surface area (Å²) in [6.45, 7) is 0.975. The van der Waals surface area contributed by atoms with Gasteiger partial charge in [-0.3, -0.25) is 4.79 Å². The minimum Gasteiger partial charge on any atom is -0.491 e. The monoisotopic (exact) mass is 379 g/mol. The molecular weight excluding hydrogens is 362 g/mol. The first-order valence-corrected chi connectivity index (χ1v) is 7.86. The van der Waals surface area contributed by atoms with Crippen molar-refractivity contribution in [2.45, 2.75) is 0 Å². The lowest BCUT2D eigenvalue weighted by atomic mass is 10.3. The molecular formula is C17H18BrNO4. The van der Waals surface area contributed by atoms with Crippen LogP contribution in [0.3, 0.4) is 0 Å². The van der Waals surface area contributed by atoms with Gasteiger partial charge >= 0.3 is 0 Å². The van der Waals surface area contributed by atoms with Crippen LogP contribution in [-0.4, -0.2) is 32.8 Å². The molecule has 0 bridgehead atoms. The number of hydrogen-bond acceptors (Lipinski definition) is 4. The molecule has 1 amide bonds. The van der Waals surface area contributed by atoms with Crippen LogP contribution in [0, 0.1) is 0 Å². The van der Waals surface area contributed by atoms with Gasteiger partial charge in [-0.05, 0) is 48.5 Å². The highest BCUT2D eigenvalue weighted by molar-refractivity contribution is 9.10. The summed E-state index contributed by atoms with van der Waals surface area (Å²) < 4.78 is 16.7. The van der Waals surface area contributed by atoms with Crippen LogP contribution >= 0.6 is 15.9 Å². The lowest BCUT2D eigenvalue weighted by Crippen LogP contribution is -2.20. The van der Waals surface area contributed by atoms with Crippen molar-refractivity contribution in [3.63, 3.8) is 0 Å². The molecule has 0 fully saturated rings. The molecule has 6 heteroatoms. The Morgan fingerprint density at radius 1 is 0.957 bits per heavy atom. The fourth-order valence-electron chi connectivity index (χ4n) is 1.75. The van der Waals surface area contributed by atoms with Crippen molar-refractivity contribution in [1.29, 1.82) is 0 Å². The molecule has 0 atom stereocenters. The van der Waals surface area contributed by atoms with E-state index in [-0.39, 0.29) is 12.5 Å². The van der Waals surface area contributed by atoms with Gasteiger partial charge in [0.25, 0.3) is 5.91 Å². The minimum absolute atomic E-state index is 0.0479. The van der Waals surface area contributed by atoms with E-state index < -0.39 is 0 Å². The second kappa shape index (κ2) is 9.17. The molecule has 0 aliphatic rings. The average molecular weight is 380 g/mol. The first-order valence-electron chi connectivity index (χ1n) is 7.07. The molecule has 0 radical (unpaired) electrons. The topological polar surface area (TPSA) is 56.8 Å². The number of nitrogens with one attached hydrogen (secondary N) is 1. The Morgan fingerprint density at radius 3 is 2.22 bits per heavy atom. The van der Waals surface area contributed by atoms with Crippen molar-refractivity contribution < 1.29 is 19.0 Å². The standard InChI is InChI=1S/C17H18BrNO4/c1-21-10-11-22-15-8-4-14(5-9-15)19-17(20)12-23-16-6-2-13(18)3-7-16/h2-9H,10-12H2,1H3,(H,19,20). The van der Waals surface area contributed by atoms with Gasteiger partial charge in [0.05, 0.1) is 6.61 Å². The maximum Gasteiger partial charge on any atom is 0.262 e. The number of amides is 1. The van der Waals surface area contributed by atoms with E-state index in [9.17, 15) is 4.79 Å². The highest BCUT2D eigenvalue weighted by Gasteiger charge is 2.04. The molecule has 23 heavy (non-hydrogen) atoms. The molecule has 0 spiro atoms. The van der Waals surface area contributed by atoms with E-state index in [4.69, 9.17) is 14.2 Å². The number of rotatable bonds is 8. The van der Waals surface area contributed by atoms with E-state index in [0.29, 0.717) is 24.7 Å². The molecule has 0 heterocycles. The predicted octanol–water partition coefficient (Wildman–Crippen LogP) is 3.49. The van der Waals surface area contributed by atoms with E-state index in [1.54, 1.807) is 43.5 Å². The fraction of sp³-hybridized carbons (Fsp3) is 0.235. The van der Waals surface area contributed by atoms with Gasteiger partial charge in [-0.2, -0.15) is 0 Å². The predicted molar refractivity (Wildman–Crippen MR) is 92.1 cm³/mol. The van der Waals surface area contributed by atoms with E-state index in [0.717, 1.165) is 10.2 Å². The summed E-state index contributed by atoms with van der Waals surface area (Å²) in [5.41, 5.74) is 0.688. The Labute approximate surface area is 143 Å². The van der Waals surface area contributed by atoms with Crippen molar-refractivity contribution in [3.05, 3.63) is 53.0 Å². The van der Waals surface area contributed by atoms with Gasteiger partial charge in [-0.25, -0.2) is 0 Å². The SMILES string of the molecule is COCCOc1ccc(NC(=O)COc2ccc(Br)cc2)cc1. The smallest absolute Gasteiger partial charge is 0.262 e. The highest BCUT2D eigenvalue weighted by atomic mass is 79.9. The first-order chi connectivity index (χ1) is 11.2. The van der Waals surface area contributed by atoms with Crippen LogP contribution in [0.15, 0.2) is 53.0 Å².